The normalized spacial score (nSPS) is 11.6. The van der Waals surface area contributed by atoms with Crippen LogP contribution in [0.1, 0.15) is 68.3 Å². The largest absolute Gasteiger partial charge is 0.360 e. The van der Waals surface area contributed by atoms with Gasteiger partial charge in [-0.15, -0.1) is 0 Å². The fourth-order valence-corrected chi connectivity index (χ4v) is 10.9. The molecule has 0 saturated carbocycles. The third kappa shape index (κ3) is 27.0. The second-order valence-corrected chi connectivity index (χ2v) is 25.5. The molecule has 0 radical (unpaired) electrons. The Kier molecular flexibility index (Phi) is 30.6. The second-order valence-electron chi connectivity index (χ2n) is 25.5. The Hall–Kier alpha value is -17.3. The maximum absolute atomic E-state index is 4.47. The van der Waals surface area contributed by atoms with Crippen LogP contribution in [0.5, 0.6) is 0 Å². The van der Waals surface area contributed by atoms with E-state index in [1.54, 1.807) is 74.6 Å². The van der Waals surface area contributed by atoms with Gasteiger partial charge in [0.1, 0.15) is 0 Å². The monoisotopic (exact) mass is 1570 g/mol. The summed E-state index contributed by atoms with van der Waals surface area (Å²) in [5.41, 5.74) is 21.6. The highest BCUT2D eigenvalue weighted by molar-refractivity contribution is 5.91. The van der Waals surface area contributed by atoms with Crippen LogP contribution in [0.15, 0.2) is 425 Å². The van der Waals surface area contributed by atoms with Crippen molar-refractivity contribution in [3.63, 3.8) is 0 Å². The van der Waals surface area contributed by atoms with Gasteiger partial charge >= 0.3 is 0 Å². The lowest BCUT2D eigenvalue weighted by molar-refractivity contribution is 1.36. The summed E-state index contributed by atoms with van der Waals surface area (Å²) in [6.45, 7) is 0. The zero-order valence-electron chi connectivity index (χ0n) is 64.9. The van der Waals surface area contributed by atoms with Crippen LogP contribution in [-0.4, -0.2) is 134 Å². The number of H-pyrrole nitrogens is 12. The van der Waals surface area contributed by atoms with E-state index in [0.29, 0.717) is 0 Å². The fraction of sp³-hybridized carbons (Fsp3) is 0. The van der Waals surface area contributed by atoms with Crippen LogP contribution in [-0.2, 0) is 0 Å². The Morgan fingerprint density at radius 3 is 0.258 bits per heavy atom. The molecule has 588 valence electrons. The summed E-state index contributed by atoms with van der Waals surface area (Å²) < 4.78 is 0. The first-order valence-electron chi connectivity index (χ1n) is 38.1. The van der Waals surface area contributed by atoms with Crippen molar-refractivity contribution in [2.75, 3.05) is 0 Å². The van der Waals surface area contributed by atoms with E-state index in [1.807, 2.05) is 366 Å². The van der Waals surface area contributed by atoms with Crippen molar-refractivity contribution in [3.05, 3.63) is 434 Å². The van der Waals surface area contributed by atoms with Gasteiger partial charge in [-0.2, -0.15) is 0 Å². The van der Waals surface area contributed by atoms with E-state index in [2.05, 4.69) is 120 Å². The number of nitrogens with zero attached hydrogens (tertiary/aromatic N) is 12. The van der Waals surface area contributed by atoms with Gasteiger partial charge in [0.25, 0.3) is 0 Å². The zero-order valence-corrected chi connectivity index (χ0v) is 64.9. The standard InChI is InChI=1S/6C16H14N4/c6*1-2-8-16(20-12-14-6-4-10-18-14)15(7-1)19-11-13-5-3-9-17-13/h6*1-12,17-18H. The van der Waals surface area contributed by atoms with Crippen molar-refractivity contribution in [2.45, 2.75) is 0 Å². The Morgan fingerprint density at radius 1 is 0.108 bits per heavy atom. The molecule has 120 heavy (non-hydrogen) atoms. The van der Waals surface area contributed by atoms with E-state index >= 15 is 0 Å². The van der Waals surface area contributed by atoms with E-state index in [9.17, 15) is 0 Å². The predicted molar refractivity (Wildman–Crippen MR) is 495 cm³/mol. The number of nitrogens with one attached hydrogen (secondary N) is 12. The van der Waals surface area contributed by atoms with Crippen LogP contribution < -0.4 is 0 Å². The third-order valence-electron chi connectivity index (χ3n) is 16.9. The number of hydrogen-bond acceptors (Lipinski definition) is 12. The fourth-order valence-electron chi connectivity index (χ4n) is 10.9. The maximum Gasteiger partial charge on any atom is 0.0887 e. The molecule has 0 unspecified atom stereocenters. The van der Waals surface area contributed by atoms with Crippen LogP contribution in [0, 0.1) is 0 Å². The minimum absolute atomic E-state index is 0.838. The van der Waals surface area contributed by atoms with Crippen LogP contribution in [0.25, 0.3) is 0 Å². The van der Waals surface area contributed by atoms with Gasteiger partial charge in [0.05, 0.1) is 211 Å². The van der Waals surface area contributed by atoms with Crippen LogP contribution in [0.3, 0.4) is 0 Å². The molecule has 0 fully saturated rings. The number of aliphatic imine (C=N–C) groups is 12. The molecule has 18 rings (SSSR count). The van der Waals surface area contributed by atoms with Crippen molar-refractivity contribution in [2.24, 2.45) is 59.9 Å². The maximum atomic E-state index is 4.47. The molecule has 12 heterocycles. The van der Waals surface area contributed by atoms with E-state index in [-0.39, 0.29) is 0 Å². The molecule has 0 atom stereocenters. The molecule has 24 heteroatoms. The molecule has 0 amide bonds. The average Bonchev–Trinajstić information content (AvgIpc) is 1.82. The molecular weight excluding hydrogens is 1490 g/mol. The zero-order chi connectivity index (χ0) is 81.7. The highest BCUT2D eigenvalue weighted by atomic mass is 14.9. The lowest BCUT2D eigenvalue weighted by Gasteiger charge is -1.98. The number of para-hydroxylation sites is 12. The van der Waals surface area contributed by atoms with Crippen molar-refractivity contribution >= 4 is 143 Å². The molecule has 0 bridgehead atoms. The molecule has 18 aromatic rings. The van der Waals surface area contributed by atoms with Gasteiger partial charge in [-0.3, -0.25) is 59.9 Å². The Balaban J connectivity index is 0.000000124. The lowest BCUT2D eigenvalue weighted by atomic mass is 10.2. The smallest absolute Gasteiger partial charge is 0.0887 e. The Morgan fingerprint density at radius 2 is 0.192 bits per heavy atom. The van der Waals surface area contributed by atoms with Gasteiger partial charge in [0.2, 0.25) is 0 Å². The van der Waals surface area contributed by atoms with Gasteiger partial charge in [0.15, 0.2) is 0 Å². The van der Waals surface area contributed by atoms with Crippen LogP contribution >= 0.6 is 0 Å². The first-order valence-corrected chi connectivity index (χ1v) is 38.1. The van der Waals surface area contributed by atoms with Crippen molar-refractivity contribution in [1.82, 2.24) is 59.8 Å². The van der Waals surface area contributed by atoms with Crippen molar-refractivity contribution in [3.8, 4) is 0 Å². The first-order chi connectivity index (χ1) is 59.5. The summed E-state index contributed by atoms with van der Waals surface area (Å²) in [5, 5.41) is 0. The molecule has 0 saturated heterocycles. The summed E-state index contributed by atoms with van der Waals surface area (Å²) in [4.78, 5) is 90.7. The van der Waals surface area contributed by atoms with Gasteiger partial charge in [-0.1, -0.05) is 72.8 Å². The van der Waals surface area contributed by atoms with Crippen molar-refractivity contribution in [1.29, 1.82) is 0 Å². The number of benzene rings is 6. The highest BCUT2D eigenvalue weighted by Gasteiger charge is 2.05. The Labute approximate surface area is 692 Å². The summed E-state index contributed by atoms with van der Waals surface area (Å²) in [6.07, 6.45) is 44.0. The minimum Gasteiger partial charge on any atom is -0.360 e. The first kappa shape index (κ1) is 80.8. The van der Waals surface area contributed by atoms with E-state index in [4.69, 9.17) is 0 Å². The average molecular weight is 1570 g/mol. The number of rotatable bonds is 24. The van der Waals surface area contributed by atoms with Crippen LogP contribution in [0.4, 0.5) is 68.2 Å². The molecule has 0 spiro atoms. The SMILES string of the molecule is C(=Nc1ccccc1N=Cc1ccc[nH]1)c1ccc[nH]1.C(=Nc1ccccc1N=Cc1ccc[nH]1)c1ccc[nH]1.C(=Nc1ccccc1N=Cc1ccc[nH]1)c1ccc[nH]1.C(=Nc1ccccc1N=Cc1ccc[nH]1)c1ccc[nH]1.C(=Nc1ccccc1N=Cc1ccc[nH]1)c1ccc[nH]1.C(=Nc1ccccc1N=Cc1ccc[nH]1)c1ccc[nH]1. The Bertz CT molecular complexity index is 4850. The van der Waals surface area contributed by atoms with Gasteiger partial charge < -0.3 is 59.8 Å². The number of aromatic nitrogens is 12. The highest BCUT2D eigenvalue weighted by Crippen LogP contribution is 2.32. The molecule has 0 aliphatic heterocycles. The summed E-state index contributed by atoms with van der Waals surface area (Å²) in [5.74, 6) is 0. The molecule has 0 aliphatic rings. The lowest BCUT2D eigenvalue weighted by Crippen LogP contribution is -1.80. The summed E-state index contributed by atoms with van der Waals surface area (Å²) in [6, 6.07) is 93.7. The second kappa shape index (κ2) is 45.4. The van der Waals surface area contributed by atoms with Gasteiger partial charge in [-0.05, 0) is 218 Å². The minimum atomic E-state index is 0.838. The topological polar surface area (TPSA) is 338 Å². The summed E-state index contributed by atoms with van der Waals surface area (Å²) in [7, 11) is 0. The van der Waals surface area contributed by atoms with Crippen molar-refractivity contribution < 1.29 is 0 Å². The predicted octanol–water partition coefficient (Wildman–Crippen LogP) is 23.1. The quantitative estimate of drug-likeness (QED) is 0.0251. The molecular formula is C96H84N24. The molecule has 12 N–H and O–H groups in total. The van der Waals surface area contributed by atoms with Gasteiger partial charge in [0, 0.05) is 74.4 Å². The van der Waals surface area contributed by atoms with Crippen LogP contribution in [0.2, 0.25) is 0 Å². The number of aromatic amines is 12. The summed E-state index contributed by atoms with van der Waals surface area (Å²) >= 11 is 0. The molecule has 12 aromatic heterocycles. The van der Waals surface area contributed by atoms with E-state index in [0.717, 1.165) is 137 Å². The molecule has 24 nitrogen and oxygen atoms in total. The third-order valence-corrected chi connectivity index (χ3v) is 16.9. The molecule has 6 aromatic carbocycles. The van der Waals surface area contributed by atoms with E-state index in [1.165, 1.54) is 0 Å². The molecule has 0 aliphatic carbocycles. The van der Waals surface area contributed by atoms with E-state index < -0.39 is 0 Å². The van der Waals surface area contributed by atoms with Gasteiger partial charge in [-0.25, -0.2) is 0 Å². The number of hydrogen-bond donors (Lipinski definition) is 12.